The van der Waals surface area contributed by atoms with Gasteiger partial charge >= 0.3 is 0 Å². The summed E-state index contributed by atoms with van der Waals surface area (Å²) in [4.78, 5) is 0. The predicted molar refractivity (Wildman–Crippen MR) is 51.3 cm³/mol. The minimum Gasteiger partial charge on any atom is -0.394 e. The first-order chi connectivity index (χ1) is 7.03. The molecular weight excluding hydrogens is 200 g/mol. The van der Waals surface area contributed by atoms with Gasteiger partial charge in [-0.05, 0) is 13.8 Å². The molecule has 4 atom stereocenters. The van der Waals surface area contributed by atoms with Crippen molar-refractivity contribution in [1.82, 2.24) is 0 Å². The zero-order valence-corrected chi connectivity index (χ0v) is 9.05. The summed E-state index contributed by atoms with van der Waals surface area (Å²) in [6.45, 7) is 3.89. The molecule has 0 radical (unpaired) electrons. The number of aliphatic hydroxyl groups excluding tert-OH is 2. The summed E-state index contributed by atoms with van der Waals surface area (Å²) in [5, 5.41) is 18.4. The summed E-state index contributed by atoms with van der Waals surface area (Å²) in [7, 11) is 0. The highest BCUT2D eigenvalue weighted by molar-refractivity contribution is 4.99. The first kappa shape index (κ1) is 11.3. The van der Waals surface area contributed by atoms with E-state index >= 15 is 0 Å². The Balaban J connectivity index is 1.99. The maximum absolute atomic E-state index is 9.75. The number of fused-ring (bicyclic) bond motifs is 1. The van der Waals surface area contributed by atoms with E-state index in [2.05, 4.69) is 0 Å². The van der Waals surface area contributed by atoms with E-state index in [-0.39, 0.29) is 31.5 Å². The SMILES string of the molecule is CC1(C)OC2C(O)CC(OCCO)C2O1. The molecule has 0 aromatic rings. The van der Waals surface area contributed by atoms with Gasteiger partial charge in [0.05, 0.1) is 25.4 Å². The molecule has 1 saturated heterocycles. The Hall–Kier alpha value is -0.200. The van der Waals surface area contributed by atoms with Crippen molar-refractivity contribution in [3.05, 3.63) is 0 Å². The van der Waals surface area contributed by atoms with E-state index < -0.39 is 11.9 Å². The third-order valence-corrected chi connectivity index (χ3v) is 2.81. The largest absolute Gasteiger partial charge is 0.394 e. The number of aliphatic hydroxyl groups is 2. The number of ether oxygens (including phenoxy) is 3. The van der Waals surface area contributed by atoms with Crippen molar-refractivity contribution in [3.63, 3.8) is 0 Å². The van der Waals surface area contributed by atoms with E-state index in [1.807, 2.05) is 13.8 Å². The normalized spacial score (nSPS) is 43.2. The van der Waals surface area contributed by atoms with E-state index in [9.17, 15) is 5.11 Å². The van der Waals surface area contributed by atoms with Gasteiger partial charge in [-0.1, -0.05) is 0 Å². The maximum atomic E-state index is 9.75. The van der Waals surface area contributed by atoms with E-state index in [1.165, 1.54) is 0 Å². The molecule has 1 heterocycles. The zero-order valence-electron chi connectivity index (χ0n) is 9.05. The predicted octanol–water partition coefficient (Wildman–Crippen LogP) is -0.351. The standard InChI is InChI=1S/C10H18O5/c1-10(2)14-8-6(12)5-7(9(8)15-10)13-4-3-11/h6-9,11-12H,3-5H2,1-2H3. The van der Waals surface area contributed by atoms with Crippen molar-refractivity contribution in [2.45, 2.75) is 50.5 Å². The molecule has 1 aliphatic carbocycles. The van der Waals surface area contributed by atoms with E-state index in [4.69, 9.17) is 19.3 Å². The van der Waals surface area contributed by atoms with Gasteiger partial charge in [0.2, 0.25) is 0 Å². The van der Waals surface area contributed by atoms with Crippen LogP contribution >= 0.6 is 0 Å². The fourth-order valence-electron chi connectivity index (χ4n) is 2.28. The third-order valence-electron chi connectivity index (χ3n) is 2.81. The minimum absolute atomic E-state index is 0.0196. The lowest BCUT2D eigenvalue weighted by atomic mass is 10.2. The fourth-order valence-corrected chi connectivity index (χ4v) is 2.28. The van der Waals surface area contributed by atoms with Crippen LogP contribution in [0.4, 0.5) is 0 Å². The van der Waals surface area contributed by atoms with Crippen LogP contribution in [0.2, 0.25) is 0 Å². The Kier molecular flexibility index (Phi) is 3.00. The van der Waals surface area contributed by atoms with Gasteiger partial charge in [-0.25, -0.2) is 0 Å². The van der Waals surface area contributed by atoms with Gasteiger partial charge in [0.15, 0.2) is 5.79 Å². The van der Waals surface area contributed by atoms with Crippen LogP contribution in [0.3, 0.4) is 0 Å². The quantitative estimate of drug-likeness (QED) is 0.677. The molecule has 0 spiro atoms. The average molecular weight is 218 g/mol. The summed E-state index contributed by atoms with van der Waals surface area (Å²) in [5.41, 5.74) is 0. The topological polar surface area (TPSA) is 68.2 Å². The number of hydrogen-bond donors (Lipinski definition) is 2. The van der Waals surface area contributed by atoms with Crippen LogP contribution in [0.1, 0.15) is 20.3 Å². The molecule has 15 heavy (non-hydrogen) atoms. The highest BCUT2D eigenvalue weighted by atomic mass is 16.8. The summed E-state index contributed by atoms with van der Waals surface area (Å²) < 4.78 is 16.7. The Morgan fingerprint density at radius 2 is 2.00 bits per heavy atom. The molecule has 2 rings (SSSR count). The Labute approximate surface area is 88.9 Å². The highest BCUT2D eigenvalue weighted by Crippen LogP contribution is 2.39. The molecule has 1 saturated carbocycles. The molecule has 88 valence electrons. The second-order valence-corrected chi connectivity index (χ2v) is 4.50. The molecule has 2 aliphatic rings. The third kappa shape index (κ3) is 2.16. The molecule has 5 nitrogen and oxygen atoms in total. The Morgan fingerprint density at radius 1 is 1.33 bits per heavy atom. The zero-order chi connectivity index (χ0) is 11.1. The molecule has 5 heteroatoms. The van der Waals surface area contributed by atoms with Crippen molar-refractivity contribution in [2.24, 2.45) is 0 Å². The van der Waals surface area contributed by atoms with Crippen LogP contribution in [0.5, 0.6) is 0 Å². The van der Waals surface area contributed by atoms with Gasteiger partial charge in [-0.3, -0.25) is 0 Å². The molecule has 0 aromatic carbocycles. The summed E-state index contributed by atoms with van der Waals surface area (Å²) >= 11 is 0. The van der Waals surface area contributed by atoms with E-state index in [1.54, 1.807) is 0 Å². The molecule has 2 fully saturated rings. The average Bonchev–Trinajstić information content (AvgIpc) is 2.60. The van der Waals surface area contributed by atoms with Crippen LogP contribution < -0.4 is 0 Å². The van der Waals surface area contributed by atoms with Crippen LogP contribution in [-0.2, 0) is 14.2 Å². The monoisotopic (exact) mass is 218 g/mol. The van der Waals surface area contributed by atoms with Gasteiger partial charge in [0.1, 0.15) is 12.2 Å². The minimum atomic E-state index is -0.655. The number of hydrogen-bond acceptors (Lipinski definition) is 5. The first-order valence-corrected chi connectivity index (χ1v) is 5.29. The van der Waals surface area contributed by atoms with Gasteiger partial charge in [0.25, 0.3) is 0 Å². The summed E-state index contributed by atoms with van der Waals surface area (Å²) in [6, 6.07) is 0. The highest BCUT2D eigenvalue weighted by Gasteiger charge is 2.54. The van der Waals surface area contributed by atoms with Crippen molar-refractivity contribution in [1.29, 1.82) is 0 Å². The second kappa shape index (κ2) is 3.99. The van der Waals surface area contributed by atoms with Crippen molar-refractivity contribution in [3.8, 4) is 0 Å². The Bertz CT molecular complexity index is 230. The molecule has 2 N–H and O–H groups in total. The summed E-state index contributed by atoms with van der Waals surface area (Å²) in [6.07, 6.45) is -0.740. The molecule has 0 bridgehead atoms. The van der Waals surface area contributed by atoms with Crippen LogP contribution in [0.15, 0.2) is 0 Å². The van der Waals surface area contributed by atoms with Crippen LogP contribution in [0, 0.1) is 0 Å². The van der Waals surface area contributed by atoms with E-state index in [0.717, 1.165) is 0 Å². The van der Waals surface area contributed by atoms with Gasteiger partial charge in [-0.15, -0.1) is 0 Å². The molecule has 0 aromatic heterocycles. The van der Waals surface area contributed by atoms with Crippen LogP contribution in [0.25, 0.3) is 0 Å². The smallest absolute Gasteiger partial charge is 0.164 e. The number of rotatable bonds is 3. The van der Waals surface area contributed by atoms with Crippen molar-refractivity contribution in [2.75, 3.05) is 13.2 Å². The van der Waals surface area contributed by atoms with Gasteiger partial charge < -0.3 is 24.4 Å². The molecular formula is C10H18O5. The second-order valence-electron chi connectivity index (χ2n) is 4.50. The lowest BCUT2D eigenvalue weighted by molar-refractivity contribution is -0.176. The van der Waals surface area contributed by atoms with Crippen molar-refractivity contribution < 1.29 is 24.4 Å². The fraction of sp³-hybridized carbons (Fsp3) is 1.00. The van der Waals surface area contributed by atoms with Gasteiger partial charge in [-0.2, -0.15) is 0 Å². The molecule has 0 amide bonds. The Morgan fingerprint density at radius 3 is 2.67 bits per heavy atom. The molecule has 4 unspecified atom stereocenters. The van der Waals surface area contributed by atoms with E-state index in [0.29, 0.717) is 6.42 Å². The molecule has 1 aliphatic heterocycles. The summed E-state index contributed by atoms with van der Waals surface area (Å²) in [5.74, 6) is -0.655. The lowest BCUT2D eigenvalue weighted by Gasteiger charge is -2.22. The maximum Gasteiger partial charge on any atom is 0.164 e. The van der Waals surface area contributed by atoms with Gasteiger partial charge in [0, 0.05) is 6.42 Å². The van der Waals surface area contributed by atoms with Crippen molar-refractivity contribution >= 4 is 0 Å². The first-order valence-electron chi connectivity index (χ1n) is 5.29. The lowest BCUT2D eigenvalue weighted by Crippen LogP contribution is -2.31. The van der Waals surface area contributed by atoms with Crippen LogP contribution in [-0.4, -0.2) is 53.6 Å².